The minimum Gasteiger partial charge on any atom is -0.479 e. The summed E-state index contributed by atoms with van der Waals surface area (Å²) in [4.78, 5) is 34.1. The molecule has 40 heavy (non-hydrogen) atoms. The summed E-state index contributed by atoms with van der Waals surface area (Å²) in [6.45, 7) is 3.44. The molecule has 0 radical (unpaired) electrons. The molecule has 1 unspecified atom stereocenters. The van der Waals surface area contributed by atoms with Crippen molar-refractivity contribution in [1.29, 1.82) is 0 Å². The van der Waals surface area contributed by atoms with Crippen molar-refractivity contribution in [1.82, 2.24) is 9.97 Å². The Bertz CT molecular complexity index is 1260. The van der Waals surface area contributed by atoms with Gasteiger partial charge in [-0.15, -0.1) is 0 Å². The number of carboxylic acid groups (broad SMARTS) is 1. The predicted molar refractivity (Wildman–Crippen MR) is 137 cm³/mol. The number of hydrogen-bond donors (Lipinski definition) is 4. The van der Waals surface area contributed by atoms with E-state index in [-0.39, 0.29) is 6.01 Å². The summed E-state index contributed by atoms with van der Waals surface area (Å²) in [6.07, 6.45) is -11.6. The van der Waals surface area contributed by atoms with Crippen LogP contribution in [0.25, 0.3) is 0 Å². The highest BCUT2D eigenvalue weighted by molar-refractivity contribution is 5.79. The van der Waals surface area contributed by atoms with E-state index in [9.17, 15) is 30.0 Å². The van der Waals surface area contributed by atoms with Gasteiger partial charge >= 0.3 is 17.9 Å². The molecule has 0 saturated carbocycles. The predicted octanol–water partition coefficient (Wildman–Crippen LogP) is 0.866. The van der Waals surface area contributed by atoms with Gasteiger partial charge in [0, 0.05) is 18.5 Å². The average Bonchev–Trinajstić information content (AvgIpc) is 2.94. The van der Waals surface area contributed by atoms with Crippen LogP contribution in [0.5, 0.6) is 6.01 Å². The number of benzene rings is 2. The molecule has 1 aliphatic rings. The zero-order valence-electron chi connectivity index (χ0n) is 21.9. The quantitative estimate of drug-likeness (QED) is 0.275. The summed E-state index contributed by atoms with van der Waals surface area (Å²) >= 11 is 0. The highest BCUT2D eigenvalue weighted by atomic mass is 16.7. The topological polar surface area (TPSA) is 178 Å². The van der Waals surface area contributed by atoms with Crippen LogP contribution >= 0.6 is 0 Å². The Balaban J connectivity index is 1.83. The van der Waals surface area contributed by atoms with E-state index >= 15 is 0 Å². The van der Waals surface area contributed by atoms with Crippen LogP contribution in [-0.2, 0) is 29.4 Å². The van der Waals surface area contributed by atoms with Gasteiger partial charge in [-0.2, -0.15) is 0 Å². The number of ether oxygens (including phenoxy) is 4. The van der Waals surface area contributed by atoms with E-state index < -0.39 is 54.3 Å². The molecule has 6 atom stereocenters. The molecule has 212 valence electrons. The third-order valence-corrected chi connectivity index (χ3v) is 6.54. The Morgan fingerprint density at radius 3 is 1.88 bits per heavy atom. The monoisotopic (exact) mass is 554 g/mol. The fourth-order valence-electron chi connectivity index (χ4n) is 4.66. The molecule has 0 amide bonds. The fraction of sp³-hybridized carbons (Fsp3) is 0.357. The van der Waals surface area contributed by atoms with Gasteiger partial charge in [0.15, 0.2) is 11.7 Å². The smallest absolute Gasteiger partial charge is 0.353 e. The lowest BCUT2D eigenvalue weighted by molar-refractivity contribution is -0.289. The van der Waals surface area contributed by atoms with Crippen molar-refractivity contribution in [3.05, 3.63) is 89.2 Å². The molecule has 0 bridgehead atoms. The standard InChI is InChI=1S/C28H30N2O10/c1-15-14-16(2)30-27(29-15)39-23(25(36)40-26-21(33)19(31)20(32)22(38-26)24(34)35)28(37-3,17-10-6-4-7-11-17)18-12-8-5-9-13-18/h4-14,19-23,26,31-33H,1-3H3,(H,34,35)/t19-,20-,21+,22-,23?,26-/m0/s1. The first-order chi connectivity index (χ1) is 19.1. The number of carboxylic acids is 1. The maximum Gasteiger partial charge on any atom is 0.353 e. The number of carbonyl (C=O) groups is 2. The van der Waals surface area contributed by atoms with Crippen LogP contribution in [0.3, 0.4) is 0 Å². The molecule has 1 saturated heterocycles. The molecule has 4 rings (SSSR count). The molecule has 12 nitrogen and oxygen atoms in total. The molecule has 2 heterocycles. The number of methoxy groups -OCH3 is 1. The van der Waals surface area contributed by atoms with Crippen molar-refractivity contribution < 1.29 is 49.0 Å². The maximum atomic E-state index is 14.0. The summed E-state index contributed by atoms with van der Waals surface area (Å²) in [6, 6.07) is 18.9. The van der Waals surface area contributed by atoms with Crippen LogP contribution in [0.2, 0.25) is 0 Å². The van der Waals surface area contributed by atoms with Gasteiger partial charge in [0.1, 0.15) is 18.3 Å². The summed E-state index contributed by atoms with van der Waals surface area (Å²) < 4.78 is 22.8. The average molecular weight is 555 g/mol. The third kappa shape index (κ3) is 5.67. The third-order valence-electron chi connectivity index (χ3n) is 6.54. The Kier molecular flexibility index (Phi) is 8.76. The highest BCUT2D eigenvalue weighted by Crippen LogP contribution is 2.39. The van der Waals surface area contributed by atoms with Crippen molar-refractivity contribution in [3.63, 3.8) is 0 Å². The zero-order chi connectivity index (χ0) is 29.0. The molecular weight excluding hydrogens is 524 g/mol. The van der Waals surface area contributed by atoms with E-state index in [1.165, 1.54) is 7.11 Å². The first-order valence-electron chi connectivity index (χ1n) is 12.4. The second-order valence-corrected chi connectivity index (χ2v) is 9.27. The second kappa shape index (κ2) is 12.1. The Morgan fingerprint density at radius 2 is 1.40 bits per heavy atom. The van der Waals surface area contributed by atoms with E-state index in [0.29, 0.717) is 22.5 Å². The lowest BCUT2D eigenvalue weighted by Gasteiger charge is -2.41. The molecule has 0 aliphatic carbocycles. The number of nitrogens with zero attached hydrogens (tertiary/aromatic N) is 2. The Morgan fingerprint density at radius 1 is 0.875 bits per heavy atom. The van der Waals surface area contributed by atoms with E-state index in [0.717, 1.165) is 0 Å². The normalized spacial score (nSPS) is 23.7. The van der Waals surface area contributed by atoms with Gasteiger partial charge in [-0.3, -0.25) is 0 Å². The Hall–Kier alpha value is -3.94. The van der Waals surface area contributed by atoms with Crippen LogP contribution in [-0.4, -0.2) is 86.3 Å². The van der Waals surface area contributed by atoms with Crippen molar-refractivity contribution >= 4 is 11.9 Å². The molecule has 1 fully saturated rings. The van der Waals surface area contributed by atoms with E-state index in [1.807, 2.05) is 0 Å². The van der Waals surface area contributed by atoms with E-state index in [4.69, 9.17) is 18.9 Å². The van der Waals surface area contributed by atoms with E-state index in [1.54, 1.807) is 80.6 Å². The largest absolute Gasteiger partial charge is 0.479 e. The lowest BCUT2D eigenvalue weighted by Crippen LogP contribution is -2.61. The number of rotatable bonds is 9. The zero-order valence-corrected chi connectivity index (χ0v) is 21.9. The first-order valence-corrected chi connectivity index (χ1v) is 12.4. The molecule has 1 aromatic heterocycles. The van der Waals surface area contributed by atoms with Gasteiger partial charge < -0.3 is 39.4 Å². The molecule has 3 aromatic rings. The number of aliphatic hydroxyl groups excluding tert-OH is 3. The van der Waals surface area contributed by atoms with Gasteiger partial charge in [-0.05, 0) is 31.0 Å². The molecule has 0 spiro atoms. The number of aliphatic hydroxyl groups is 3. The Labute approximate surface area is 229 Å². The SMILES string of the molecule is COC(c1ccccc1)(c1ccccc1)C(Oc1nc(C)cc(C)n1)C(=O)O[C@@H]1O[C@H](C(=O)O)[C@@H](O)[C@H](O)[C@H]1O. The fourth-order valence-corrected chi connectivity index (χ4v) is 4.66. The van der Waals surface area contributed by atoms with Crippen LogP contribution in [0.15, 0.2) is 66.7 Å². The van der Waals surface area contributed by atoms with Gasteiger partial charge in [-0.1, -0.05) is 60.7 Å². The van der Waals surface area contributed by atoms with Crippen molar-refractivity contribution in [2.24, 2.45) is 0 Å². The number of carbonyl (C=O) groups excluding carboxylic acids is 1. The molecular formula is C28H30N2O10. The highest BCUT2D eigenvalue weighted by Gasteiger charge is 2.53. The van der Waals surface area contributed by atoms with Gasteiger partial charge in [0.2, 0.25) is 12.4 Å². The van der Waals surface area contributed by atoms with E-state index in [2.05, 4.69) is 9.97 Å². The second-order valence-electron chi connectivity index (χ2n) is 9.27. The van der Waals surface area contributed by atoms with Gasteiger partial charge in [0.25, 0.3) is 0 Å². The van der Waals surface area contributed by atoms with Crippen molar-refractivity contribution in [2.75, 3.05) is 7.11 Å². The van der Waals surface area contributed by atoms with Crippen LogP contribution in [0.1, 0.15) is 22.5 Å². The van der Waals surface area contributed by atoms with Crippen LogP contribution in [0.4, 0.5) is 0 Å². The minimum absolute atomic E-state index is 0.170. The first kappa shape index (κ1) is 29.1. The number of aromatic nitrogens is 2. The molecule has 1 aliphatic heterocycles. The summed E-state index contributed by atoms with van der Waals surface area (Å²) in [5.74, 6) is -2.79. The lowest BCUT2D eigenvalue weighted by atomic mass is 9.81. The molecule has 4 N–H and O–H groups in total. The number of aliphatic carboxylic acids is 1. The van der Waals surface area contributed by atoms with Crippen LogP contribution < -0.4 is 4.74 Å². The van der Waals surface area contributed by atoms with Crippen molar-refractivity contribution in [3.8, 4) is 6.01 Å². The maximum absolute atomic E-state index is 14.0. The number of aryl methyl sites for hydroxylation is 2. The molecule has 12 heteroatoms. The summed E-state index contributed by atoms with van der Waals surface area (Å²) in [5.41, 5.74) is 0.414. The molecule has 2 aromatic carbocycles. The number of hydrogen-bond acceptors (Lipinski definition) is 11. The summed E-state index contributed by atoms with van der Waals surface area (Å²) in [5, 5.41) is 40.2. The van der Waals surface area contributed by atoms with Gasteiger partial charge in [-0.25, -0.2) is 19.6 Å². The number of esters is 1. The minimum atomic E-state index is -1.98. The van der Waals surface area contributed by atoms with Gasteiger partial charge in [0.05, 0.1) is 0 Å². The van der Waals surface area contributed by atoms with Crippen LogP contribution in [0, 0.1) is 13.8 Å². The summed E-state index contributed by atoms with van der Waals surface area (Å²) in [7, 11) is 1.37. The van der Waals surface area contributed by atoms with Crippen molar-refractivity contribution in [2.45, 2.75) is 56.3 Å².